The zero-order valence-corrected chi connectivity index (χ0v) is 10.6. The van der Waals surface area contributed by atoms with Gasteiger partial charge in [-0.05, 0) is 17.7 Å². The first-order valence-corrected chi connectivity index (χ1v) is 6.46. The summed E-state index contributed by atoms with van der Waals surface area (Å²) in [5.41, 5.74) is 6.71. The van der Waals surface area contributed by atoms with Crippen molar-refractivity contribution in [1.29, 1.82) is 0 Å². The van der Waals surface area contributed by atoms with E-state index in [1.54, 1.807) is 11.8 Å². The van der Waals surface area contributed by atoms with E-state index < -0.39 is 0 Å². The minimum absolute atomic E-state index is 0.0855. The van der Waals surface area contributed by atoms with Crippen LogP contribution in [0.5, 0.6) is 0 Å². The maximum absolute atomic E-state index is 8.49. The second-order valence-electron chi connectivity index (χ2n) is 3.57. The van der Waals surface area contributed by atoms with Crippen molar-refractivity contribution in [3.8, 4) is 0 Å². The van der Waals surface area contributed by atoms with Crippen LogP contribution in [-0.2, 0) is 5.75 Å². The van der Waals surface area contributed by atoms with E-state index in [2.05, 4.69) is 5.16 Å². The highest BCUT2D eigenvalue weighted by Crippen LogP contribution is 2.17. The van der Waals surface area contributed by atoms with Gasteiger partial charge in [0.25, 0.3) is 0 Å². The Morgan fingerprint density at radius 1 is 1.50 bits per heavy atom. The predicted molar refractivity (Wildman–Crippen MR) is 70.2 cm³/mol. The van der Waals surface area contributed by atoms with Crippen molar-refractivity contribution in [3.63, 3.8) is 0 Å². The van der Waals surface area contributed by atoms with Gasteiger partial charge in [-0.3, -0.25) is 0 Å². The SMILES string of the molecule is CC(CSCc1ccc(Cl)cc1)/C(N)=N/O. The molecule has 1 aromatic rings. The molecule has 0 saturated carbocycles. The summed E-state index contributed by atoms with van der Waals surface area (Å²) in [6.45, 7) is 1.93. The lowest BCUT2D eigenvalue weighted by atomic mass is 10.2. The van der Waals surface area contributed by atoms with Crippen LogP contribution < -0.4 is 5.73 Å². The molecule has 3 nitrogen and oxygen atoms in total. The molecule has 0 amide bonds. The van der Waals surface area contributed by atoms with Gasteiger partial charge in [0.1, 0.15) is 5.84 Å². The van der Waals surface area contributed by atoms with Crippen LogP contribution in [-0.4, -0.2) is 16.8 Å². The molecule has 0 aromatic heterocycles. The normalized spacial score (nSPS) is 13.8. The van der Waals surface area contributed by atoms with Gasteiger partial charge in [0, 0.05) is 22.4 Å². The number of halogens is 1. The Labute approximate surface area is 105 Å². The van der Waals surface area contributed by atoms with Crippen LogP contribution in [0.2, 0.25) is 5.02 Å². The van der Waals surface area contributed by atoms with Gasteiger partial charge in [-0.15, -0.1) is 0 Å². The van der Waals surface area contributed by atoms with Crippen LogP contribution in [0.4, 0.5) is 0 Å². The molecule has 0 bridgehead atoms. The molecule has 1 rings (SSSR count). The van der Waals surface area contributed by atoms with E-state index in [9.17, 15) is 0 Å². The summed E-state index contributed by atoms with van der Waals surface area (Å²) in [6.07, 6.45) is 0. The number of nitrogens with zero attached hydrogens (tertiary/aromatic N) is 1. The highest BCUT2D eigenvalue weighted by molar-refractivity contribution is 7.98. The average molecular weight is 259 g/mol. The van der Waals surface area contributed by atoms with Gasteiger partial charge in [-0.25, -0.2) is 0 Å². The number of benzene rings is 1. The molecule has 0 aliphatic heterocycles. The molecule has 0 fully saturated rings. The fourth-order valence-electron chi connectivity index (χ4n) is 1.12. The molecule has 0 heterocycles. The summed E-state index contributed by atoms with van der Waals surface area (Å²) in [4.78, 5) is 0. The van der Waals surface area contributed by atoms with Crippen LogP contribution in [0.1, 0.15) is 12.5 Å². The van der Waals surface area contributed by atoms with Crippen LogP contribution in [0.3, 0.4) is 0 Å². The molecule has 3 N–H and O–H groups in total. The van der Waals surface area contributed by atoms with Crippen molar-refractivity contribution in [2.75, 3.05) is 5.75 Å². The fraction of sp³-hybridized carbons (Fsp3) is 0.364. The highest BCUT2D eigenvalue weighted by atomic mass is 35.5. The molecule has 0 spiro atoms. The Bertz CT molecular complexity index is 354. The van der Waals surface area contributed by atoms with Crippen molar-refractivity contribution >= 4 is 29.2 Å². The van der Waals surface area contributed by atoms with E-state index in [4.69, 9.17) is 22.5 Å². The van der Waals surface area contributed by atoms with Gasteiger partial charge in [0.15, 0.2) is 0 Å². The largest absolute Gasteiger partial charge is 0.409 e. The summed E-state index contributed by atoms with van der Waals surface area (Å²) < 4.78 is 0. The third kappa shape index (κ3) is 4.33. The smallest absolute Gasteiger partial charge is 0.142 e. The number of hydrogen-bond acceptors (Lipinski definition) is 3. The summed E-state index contributed by atoms with van der Waals surface area (Å²) in [7, 11) is 0. The van der Waals surface area contributed by atoms with E-state index in [1.807, 2.05) is 31.2 Å². The average Bonchev–Trinajstić information content (AvgIpc) is 2.30. The van der Waals surface area contributed by atoms with Crippen molar-refractivity contribution in [1.82, 2.24) is 0 Å². The molecule has 1 atom stereocenters. The third-order valence-electron chi connectivity index (χ3n) is 2.17. The Morgan fingerprint density at radius 2 is 2.12 bits per heavy atom. The van der Waals surface area contributed by atoms with Gasteiger partial charge in [-0.2, -0.15) is 11.8 Å². The zero-order valence-electron chi connectivity index (χ0n) is 9.06. The molecule has 5 heteroatoms. The Kier molecular flexibility index (Phi) is 5.49. The van der Waals surface area contributed by atoms with Crippen molar-refractivity contribution in [3.05, 3.63) is 34.9 Å². The number of hydrogen-bond donors (Lipinski definition) is 2. The van der Waals surface area contributed by atoms with Crippen molar-refractivity contribution in [2.24, 2.45) is 16.8 Å². The Morgan fingerprint density at radius 3 is 2.69 bits per heavy atom. The molecular weight excluding hydrogens is 244 g/mol. The quantitative estimate of drug-likeness (QED) is 0.370. The molecule has 0 aliphatic carbocycles. The molecule has 0 radical (unpaired) electrons. The molecule has 0 saturated heterocycles. The number of oxime groups is 1. The van der Waals surface area contributed by atoms with Gasteiger partial charge < -0.3 is 10.9 Å². The molecule has 1 unspecified atom stereocenters. The maximum Gasteiger partial charge on any atom is 0.142 e. The van der Waals surface area contributed by atoms with Gasteiger partial charge in [0.2, 0.25) is 0 Å². The van der Waals surface area contributed by atoms with Crippen molar-refractivity contribution < 1.29 is 5.21 Å². The van der Waals surface area contributed by atoms with Crippen LogP contribution in [0, 0.1) is 5.92 Å². The Balaban J connectivity index is 2.33. The third-order valence-corrected chi connectivity index (χ3v) is 3.70. The first-order chi connectivity index (χ1) is 7.63. The summed E-state index contributed by atoms with van der Waals surface area (Å²) in [5, 5.41) is 12.2. The number of nitrogens with two attached hydrogens (primary N) is 1. The molecule has 0 aliphatic rings. The fourth-order valence-corrected chi connectivity index (χ4v) is 2.31. The second-order valence-corrected chi connectivity index (χ2v) is 5.03. The first kappa shape index (κ1) is 13.2. The maximum atomic E-state index is 8.49. The molecular formula is C11H15ClN2OS. The van der Waals surface area contributed by atoms with Crippen LogP contribution in [0.25, 0.3) is 0 Å². The lowest BCUT2D eigenvalue weighted by Gasteiger charge is -2.08. The van der Waals surface area contributed by atoms with Gasteiger partial charge >= 0.3 is 0 Å². The molecule has 88 valence electrons. The van der Waals surface area contributed by atoms with E-state index in [0.717, 1.165) is 16.5 Å². The standard InChI is InChI=1S/C11H15ClN2OS/c1-8(11(13)14-15)6-16-7-9-2-4-10(12)5-3-9/h2-5,8,15H,6-7H2,1H3,(H2,13,14). The zero-order chi connectivity index (χ0) is 12.0. The summed E-state index contributed by atoms with van der Waals surface area (Å²) in [5.74, 6) is 2.10. The lowest BCUT2D eigenvalue weighted by Crippen LogP contribution is -2.22. The molecule has 16 heavy (non-hydrogen) atoms. The first-order valence-electron chi connectivity index (χ1n) is 4.93. The van der Waals surface area contributed by atoms with E-state index in [-0.39, 0.29) is 11.8 Å². The second kappa shape index (κ2) is 6.66. The number of thioether (sulfide) groups is 1. The summed E-state index contributed by atoms with van der Waals surface area (Å²) >= 11 is 7.54. The van der Waals surface area contributed by atoms with Gasteiger partial charge in [-0.1, -0.05) is 35.8 Å². The topological polar surface area (TPSA) is 58.6 Å². The highest BCUT2D eigenvalue weighted by Gasteiger charge is 2.07. The predicted octanol–water partition coefficient (Wildman–Crippen LogP) is 2.96. The van der Waals surface area contributed by atoms with Gasteiger partial charge in [0.05, 0.1) is 0 Å². The summed E-state index contributed by atoms with van der Waals surface area (Å²) in [6, 6.07) is 7.77. The van der Waals surface area contributed by atoms with Crippen LogP contribution in [0.15, 0.2) is 29.4 Å². The minimum Gasteiger partial charge on any atom is -0.409 e. The van der Waals surface area contributed by atoms with E-state index >= 15 is 0 Å². The van der Waals surface area contributed by atoms with E-state index in [1.165, 1.54) is 5.56 Å². The number of amidine groups is 1. The molecule has 1 aromatic carbocycles. The minimum atomic E-state index is 0.0855. The van der Waals surface area contributed by atoms with E-state index in [0.29, 0.717) is 0 Å². The monoisotopic (exact) mass is 258 g/mol. The van der Waals surface area contributed by atoms with Crippen molar-refractivity contribution in [2.45, 2.75) is 12.7 Å². The number of rotatable bonds is 5. The Hall–Kier alpha value is -0.870. The lowest BCUT2D eigenvalue weighted by molar-refractivity contribution is 0.315. The van der Waals surface area contributed by atoms with Crippen LogP contribution >= 0.6 is 23.4 Å².